The molecule has 0 saturated heterocycles. The standard InChI is InChI=1S/C12H22N4O2/c1-4-7-16-10(13)9(11(17)15-12(16)18)14-8(5-2)6-3/h8,14H,4-7,13H2,1-3H3,(H,15,17,18). The molecule has 0 atom stereocenters. The van der Waals surface area contributed by atoms with Crippen LogP contribution in [0.15, 0.2) is 9.59 Å². The molecule has 0 aromatic carbocycles. The van der Waals surface area contributed by atoms with Crippen molar-refractivity contribution in [3.8, 4) is 0 Å². The zero-order chi connectivity index (χ0) is 13.7. The number of nitrogens with two attached hydrogens (primary N) is 1. The Bertz CT molecular complexity index is 500. The highest BCUT2D eigenvalue weighted by molar-refractivity contribution is 5.60. The highest BCUT2D eigenvalue weighted by atomic mass is 16.2. The Morgan fingerprint density at radius 1 is 1.28 bits per heavy atom. The molecule has 0 fully saturated rings. The van der Waals surface area contributed by atoms with Gasteiger partial charge in [0, 0.05) is 12.6 Å². The topological polar surface area (TPSA) is 92.9 Å². The van der Waals surface area contributed by atoms with Crippen molar-refractivity contribution < 1.29 is 0 Å². The molecule has 1 rings (SSSR count). The highest BCUT2D eigenvalue weighted by Crippen LogP contribution is 2.14. The maximum absolute atomic E-state index is 11.8. The maximum atomic E-state index is 11.8. The Kier molecular flexibility index (Phi) is 5.00. The van der Waals surface area contributed by atoms with Crippen molar-refractivity contribution in [2.24, 2.45) is 0 Å². The summed E-state index contributed by atoms with van der Waals surface area (Å²) in [5, 5.41) is 3.11. The molecule has 1 aromatic rings. The molecule has 1 aromatic heterocycles. The molecular weight excluding hydrogens is 232 g/mol. The molecule has 6 nitrogen and oxygen atoms in total. The SMILES string of the molecule is CCCn1c(N)c(NC(CC)CC)c(=O)[nH]c1=O. The van der Waals surface area contributed by atoms with E-state index < -0.39 is 11.2 Å². The Hall–Kier alpha value is -1.72. The van der Waals surface area contributed by atoms with Crippen molar-refractivity contribution in [2.45, 2.75) is 52.6 Å². The molecule has 0 radical (unpaired) electrons. The molecule has 0 saturated carbocycles. The molecule has 102 valence electrons. The van der Waals surface area contributed by atoms with Gasteiger partial charge in [-0.2, -0.15) is 0 Å². The van der Waals surface area contributed by atoms with E-state index in [0.29, 0.717) is 12.2 Å². The number of anilines is 2. The Morgan fingerprint density at radius 3 is 2.39 bits per heavy atom. The summed E-state index contributed by atoms with van der Waals surface area (Å²) in [6.07, 6.45) is 2.56. The molecule has 0 aliphatic heterocycles. The Morgan fingerprint density at radius 2 is 1.89 bits per heavy atom. The summed E-state index contributed by atoms with van der Waals surface area (Å²) >= 11 is 0. The molecule has 0 amide bonds. The van der Waals surface area contributed by atoms with E-state index in [0.717, 1.165) is 19.3 Å². The number of hydrogen-bond acceptors (Lipinski definition) is 4. The lowest BCUT2D eigenvalue weighted by atomic mass is 10.1. The summed E-state index contributed by atoms with van der Waals surface area (Å²) in [6.45, 7) is 6.52. The minimum atomic E-state index is -0.450. The molecule has 0 spiro atoms. The molecule has 0 aliphatic carbocycles. The number of hydrogen-bond donors (Lipinski definition) is 3. The summed E-state index contributed by atoms with van der Waals surface area (Å²) in [5.41, 5.74) is 5.31. The second kappa shape index (κ2) is 6.28. The fraction of sp³-hybridized carbons (Fsp3) is 0.667. The summed E-state index contributed by atoms with van der Waals surface area (Å²) < 4.78 is 1.39. The lowest BCUT2D eigenvalue weighted by molar-refractivity contribution is 0.634. The lowest BCUT2D eigenvalue weighted by Crippen LogP contribution is -2.35. The molecule has 0 aliphatic rings. The minimum absolute atomic E-state index is 0.181. The quantitative estimate of drug-likeness (QED) is 0.709. The molecule has 6 heteroatoms. The van der Waals surface area contributed by atoms with Crippen LogP contribution >= 0.6 is 0 Å². The van der Waals surface area contributed by atoms with Gasteiger partial charge in [0.25, 0.3) is 5.56 Å². The third-order valence-electron chi connectivity index (χ3n) is 3.02. The van der Waals surface area contributed by atoms with Crippen molar-refractivity contribution in [3.63, 3.8) is 0 Å². The van der Waals surface area contributed by atoms with Crippen LogP contribution in [-0.4, -0.2) is 15.6 Å². The van der Waals surface area contributed by atoms with E-state index in [2.05, 4.69) is 10.3 Å². The van der Waals surface area contributed by atoms with Crippen molar-refractivity contribution >= 4 is 11.5 Å². The van der Waals surface area contributed by atoms with Crippen molar-refractivity contribution in [3.05, 3.63) is 20.8 Å². The number of aromatic nitrogens is 2. The van der Waals surface area contributed by atoms with Crippen LogP contribution in [0.25, 0.3) is 0 Å². The smallest absolute Gasteiger partial charge is 0.330 e. The second-order valence-corrected chi connectivity index (χ2v) is 4.33. The number of nitrogens with zero attached hydrogens (tertiary/aromatic N) is 1. The summed E-state index contributed by atoms with van der Waals surface area (Å²) in [4.78, 5) is 25.7. The van der Waals surface area contributed by atoms with Gasteiger partial charge in [0.1, 0.15) is 11.5 Å². The first-order valence-corrected chi connectivity index (χ1v) is 6.44. The van der Waals surface area contributed by atoms with E-state index in [4.69, 9.17) is 5.73 Å². The van der Waals surface area contributed by atoms with Gasteiger partial charge in [-0.1, -0.05) is 20.8 Å². The van der Waals surface area contributed by atoms with Gasteiger partial charge in [-0.25, -0.2) is 4.79 Å². The van der Waals surface area contributed by atoms with Crippen LogP contribution in [0, 0.1) is 0 Å². The lowest BCUT2D eigenvalue weighted by Gasteiger charge is -2.18. The molecule has 0 bridgehead atoms. The van der Waals surface area contributed by atoms with Gasteiger partial charge >= 0.3 is 5.69 Å². The second-order valence-electron chi connectivity index (χ2n) is 4.33. The van der Waals surface area contributed by atoms with E-state index in [-0.39, 0.29) is 11.9 Å². The number of rotatable bonds is 6. The van der Waals surface area contributed by atoms with Crippen molar-refractivity contribution in [1.82, 2.24) is 9.55 Å². The molecule has 4 N–H and O–H groups in total. The van der Waals surface area contributed by atoms with Crippen LogP contribution in [0.5, 0.6) is 0 Å². The molecule has 18 heavy (non-hydrogen) atoms. The van der Waals surface area contributed by atoms with Crippen LogP contribution in [0.4, 0.5) is 11.5 Å². The maximum Gasteiger partial charge on any atom is 0.330 e. The fourth-order valence-electron chi connectivity index (χ4n) is 1.87. The van der Waals surface area contributed by atoms with Crippen LogP contribution in [0.3, 0.4) is 0 Å². The average molecular weight is 254 g/mol. The largest absolute Gasteiger partial charge is 0.383 e. The fourth-order valence-corrected chi connectivity index (χ4v) is 1.87. The summed E-state index contributed by atoms with van der Waals surface area (Å²) in [6, 6.07) is 0.181. The first kappa shape index (κ1) is 14.3. The minimum Gasteiger partial charge on any atom is -0.383 e. The van der Waals surface area contributed by atoms with Gasteiger partial charge in [-0.05, 0) is 19.3 Å². The van der Waals surface area contributed by atoms with Crippen molar-refractivity contribution in [1.29, 1.82) is 0 Å². The van der Waals surface area contributed by atoms with Gasteiger partial charge in [0.2, 0.25) is 0 Å². The van der Waals surface area contributed by atoms with Crippen LogP contribution in [0.2, 0.25) is 0 Å². The van der Waals surface area contributed by atoms with E-state index in [9.17, 15) is 9.59 Å². The highest BCUT2D eigenvalue weighted by Gasteiger charge is 2.14. The van der Waals surface area contributed by atoms with E-state index in [1.165, 1.54) is 4.57 Å². The van der Waals surface area contributed by atoms with E-state index in [1.807, 2.05) is 20.8 Å². The predicted octanol–water partition coefficient (Wildman–Crippen LogP) is 1.13. The van der Waals surface area contributed by atoms with Crippen LogP contribution in [0.1, 0.15) is 40.0 Å². The van der Waals surface area contributed by atoms with Gasteiger partial charge < -0.3 is 11.1 Å². The van der Waals surface area contributed by atoms with Crippen LogP contribution in [-0.2, 0) is 6.54 Å². The third-order valence-corrected chi connectivity index (χ3v) is 3.02. The third kappa shape index (κ3) is 2.94. The first-order chi connectivity index (χ1) is 8.54. The molecular formula is C12H22N4O2. The molecule has 1 heterocycles. The number of aromatic amines is 1. The predicted molar refractivity (Wildman–Crippen MR) is 74.0 cm³/mol. The zero-order valence-electron chi connectivity index (χ0n) is 11.2. The number of nitrogen functional groups attached to an aromatic ring is 1. The molecule has 0 unspecified atom stereocenters. The first-order valence-electron chi connectivity index (χ1n) is 6.44. The van der Waals surface area contributed by atoms with E-state index >= 15 is 0 Å². The Labute approximate surface area is 106 Å². The average Bonchev–Trinajstić information content (AvgIpc) is 2.35. The summed E-state index contributed by atoms with van der Waals surface area (Å²) in [5.74, 6) is 0.220. The van der Waals surface area contributed by atoms with E-state index in [1.54, 1.807) is 0 Å². The zero-order valence-corrected chi connectivity index (χ0v) is 11.2. The van der Waals surface area contributed by atoms with Gasteiger partial charge in [0.15, 0.2) is 0 Å². The summed E-state index contributed by atoms with van der Waals surface area (Å²) in [7, 11) is 0. The van der Waals surface area contributed by atoms with Crippen LogP contribution < -0.4 is 22.3 Å². The van der Waals surface area contributed by atoms with Gasteiger partial charge in [-0.15, -0.1) is 0 Å². The van der Waals surface area contributed by atoms with Crippen molar-refractivity contribution in [2.75, 3.05) is 11.1 Å². The van der Waals surface area contributed by atoms with Gasteiger partial charge in [0.05, 0.1) is 0 Å². The normalized spacial score (nSPS) is 10.9. The monoisotopic (exact) mass is 254 g/mol. The number of nitrogens with one attached hydrogen (secondary N) is 2. The van der Waals surface area contributed by atoms with Gasteiger partial charge in [-0.3, -0.25) is 14.3 Å². The Balaban J connectivity index is 3.23. The number of H-pyrrole nitrogens is 1.